The molecule has 0 saturated heterocycles. The molecule has 0 atom stereocenters. The summed E-state index contributed by atoms with van der Waals surface area (Å²) in [4.78, 5) is 11.8. The van der Waals surface area contributed by atoms with Crippen LogP contribution < -0.4 is 11.1 Å². The first-order chi connectivity index (χ1) is 10.3. The summed E-state index contributed by atoms with van der Waals surface area (Å²) in [5.74, 6) is -0.409. The highest BCUT2D eigenvalue weighted by molar-refractivity contribution is 5.77. The Kier molecular flexibility index (Phi) is 5.83. The third-order valence-electron chi connectivity index (χ3n) is 3.18. The monoisotopic (exact) mass is 294 g/mol. The number of nitrogens with zero attached hydrogens (tertiary/aromatic N) is 1. The molecule has 0 unspecified atom stereocenters. The Hall–Kier alpha value is -1.79. The van der Waals surface area contributed by atoms with E-state index >= 15 is 0 Å². The molecule has 0 fully saturated rings. The average Bonchev–Trinajstić information content (AvgIpc) is 2.79. The van der Waals surface area contributed by atoms with Gasteiger partial charge in [0.15, 0.2) is 5.58 Å². The molecule has 1 N–H and O–H groups in total. The van der Waals surface area contributed by atoms with Crippen LogP contribution in [0.4, 0.5) is 5.69 Å². The second-order valence-corrected chi connectivity index (χ2v) is 4.79. The lowest BCUT2D eigenvalue weighted by atomic mass is 10.2. The molecule has 0 bridgehead atoms. The summed E-state index contributed by atoms with van der Waals surface area (Å²) < 4.78 is 17.0. The first-order valence-corrected chi connectivity index (χ1v) is 7.20. The van der Waals surface area contributed by atoms with Gasteiger partial charge in [0.2, 0.25) is 0 Å². The van der Waals surface area contributed by atoms with Gasteiger partial charge in [-0.3, -0.25) is 0 Å². The van der Waals surface area contributed by atoms with E-state index in [9.17, 15) is 4.79 Å². The molecule has 1 aromatic heterocycles. The number of oxazole rings is 1. The fourth-order valence-corrected chi connectivity index (χ4v) is 2.01. The lowest BCUT2D eigenvalue weighted by molar-refractivity contribution is 0.0330. The van der Waals surface area contributed by atoms with E-state index < -0.39 is 5.76 Å². The predicted octanol–water partition coefficient (Wildman–Crippen LogP) is 2.43. The van der Waals surface area contributed by atoms with Crippen LogP contribution in [0, 0.1) is 0 Å². The molecule has 21 heavy (non-hydrogen) atoms. The Morgan fingerprint density at radius 2 is 2.19 bits per heavy atom. The van der Waals surface area contributed by atoms with Gasteiger partial charge >= 0.3 is 5.76 Å². The summed E-state index contributed by atoms with van der Waals surface area (Å²) in [6.45, 7) is 4.15. The summed E-state index contributed by atoms with van der Waals surface area (Å²) in [5, 5.41) is 3.31. The average molecular weight is 294 g/mol. The van der Waals surface area contributed by atoms with Crippen LogP contribution in [0.2, 0.25) is 0 Å². The van der Waals surface area contributed by atoms with Gasteiger partial charge in [-0.25, -0.2) is 9.36 Å². The van der Waals surface area contributed by atoms with Crippen LogP contribution in [0.15, 0.2) is 27.4 Å². The molecule has 0 saturated carbocycles. The van der Waals surface area contributed by atoms with E-state index in [2.05, 4.69) is 12.2 Å². The van der Waals surface area contributed by atoms with Crippen molar-refractivity contribution in [1.82, 2.24) is 4.57 Å². The Morgan fingerprint density at radius 3 is 2.95 bits per heavy atom. The first-order valence-electron chi connectivity index (χ1n) is 7.20. The highest BCUT2D eigenvalue weighted by Gasteiger charge is 2.09. The van der Waals surface area contributed by atoms with E-state index in [0.29, 0.717) is 18.8 Å². The molecule has 2 aromatic rings. The molecule has 2 rings (SSSR count). The highest BCUT2D eigenvalue weighted by Crippen LogP contribution is 2.18. The molecular formula is C15H22N2O4. The number of unbranched alkanes of at least 4 members (excludes halogenated alkanes) is 1. The normalized spacial score (nSPS) is 11.1. The number of fused-ring (bicyclic) bond motifs is 1. The SMILES string of the molecule is CCCCNc1ccc2c(c1)oc(=O)n2COCCOC. The molecule has 0 radical (unpaired) electrons. The number of hydrogen-bond acceptors (Lipinski definition) is 5. The summed E-state index contributed by atoms with van der Waals surface area (Å²) in [6, 6.07) is 5.66. The van der Waals surface area contributed by atoms with E-state index in [1.165, 1.54) is 4.57 Å². The zero-order chi connectivity index (χ0) is 15.1. The summed E-state index contributed by atoms with van der Waals surface area (Å²) >= 11 is 0. The highest BCUT2D eigenvalue weighted by atomic mass is 16.5. The van der Waals surface area contributed by atoms with Crippen LogP contribution in [0.3, 0.4) is 0 Å². The third kappa shape index (κ3) is 4.09. The van der Waals surface area contributed by atoms with Crippen molar-refractivity contribution < 1.29 is 13.9 Å². The van der Waals surface area contributed by atoms with Crippen molar-refractivity contribution in [3.05, 3.63) is 28.7 Å². The maximum atomic E-state index is 11.8. The van der Waals surface area contributed by atoms with Crippen LogP contribution in [0.1, 0.15) is 19.8 Å². The van der Waals surface area contributed by atoms with Crippen molar-refractivity contribution in [3.63, 3.8) is 0 Å². The Bertz CT molecular complexity index is 618. The van der Waals surface area contributed by atoms with E-state index in [4.69, 9.17) is 13.9 Å². The quantitative estimate of drug-likeness (QED) is 0.720. The summed E-state index contributed by atoms with van der Waals surface area (Å²) in [6.07, 6.45) is 2.25. The molecule has 0 amide bonds. The lowest BCUT2D eigenvalue weighted by Gasteiger charge is -2.06. The number of nitrogens with one attached hydrogen (secondary N) is 1. The minimum Gasteiger partial charge on any atom is -0.408 e. The number of hydrogen-bond donors (Lipinski definition) is 1. The van der Waals surface area contributed by atoms with Gasteiger partial charge in [0.25, 0.3) is 0 Å². The van der Waals surface area contributed by atoms with Gasteiger partial charge in [0.1, 0.15) is 6.73 Å². The topological polar surface area (TPSA) is 65.6 Å². The molecule has 1 aromatic carbocycles. The number of anilines is 1. The Labute approximate surface area is 123 Å². The summed E-state index contributed by atoms with van der Waals surface area (Å²) in [7, 11) is 1.61. The van der Waals surface area contributed by atoms with Crippen LogP contribution in [-0.4, -0.2) is 31.4 Å². The van der Waals surface area contributed by atoms with Crippen LogP contribution in [0.5, 0.6) is 0 Å². The van der Waals surface area contributed by atoms with Crippen LogP contribution in [-0.2, 0) is 16.2 Å². The van der Waals surface area contributed by atoms with Gasteiger partial charge < -0.3 is 19.2 Å². The predicted molar refractivity (Wildman–Crippen MR) is 81.7 cm³/mol. The molecule has 0 aliphatic rings. The number of methoxy groups -OCH3 is 1. The van der Waals surface area contributed by atoms with Crippen molar-refractivity contribution in [2.75, 3.05) is 32.2 Å². The van der Waals surface area contributed by atoms with E-state index in [1.807, 2.05) is 18.2 Å². The van der Waals surface area contributed by atoms with Crippen molar-refractivity contribution in [2.24, 2.45) is 0 Å². The fourth-order valence-electron chi connectivity index (χ4n) is 2.01. The largest absolute Gasteiger partial charge is 0.421 e. The number of aromatic nitrogens is 1. The lowest BCUT2D eigenvalue weighted by Crippen LogP contribution is -2.17. The van der Waals surface area contributed by atoms with E-state index in [-0.39, 0.29) is 6.73 Å². The molecule has 6 nitrogen and oxygen atoms in total. The minimum atomic E-state index is -0.409. The second-order valence-electron chi connectivity index (χ2n) is 4.79. The molecule has 1 heterocycles. The van der Waals surface area contributed by atoms with E-state index in [0.717, 1.165) is 30.6 Å². The smallest absolute Gasteiger partial charge is 0.408 e. The van der Waals surface area contributed by atoms with Gasteiger partial charge in [0, 0.05) is 25.4 Å². The molecular weight excluding hydrogens is 272 g/mol. The zero-order valence-corrected chi connectivity index (χ0v) is 12.6. The molecule has 0 spiro atoms. The maximum Gasteiger partial charge on any atom is 0.421 e. The maximum absolute atomic E-state index is 11.8. The van der Waals surface area contributed by atoms with Gasteiger partial charge in [-0.2, -0.15) is 0 Å². The van der Waals surface area contributed by atoms with Gasteiger partial charge in [-0.15, -0.1) is 0 Å². The van der Waals surface area contributed by atoms with Crippen molar-refractivity contribution in [2.45, 2.75) is 26.5 Å². The molecule has 0 aliphatic heterocycles. The van der Waals surface area contributed by atoms with Crippen molar-refractivity contribution in [3.8, 4) is 0 Å². The standard InChI is InChI=1S/C15H22N2O4/c1-3-4-7-16-12-5-6-13-14(10-12)21-15(18)17(13)11-20-9-8-19-2/h5-6,10,16H,3-4,7-9,11H2,1-2H3. The van der Waals surface area contributed by atoms with Crippen LogP contribution in [0.25, 0.3) is 11.1 Å². The molecule has 0 aliphatic carbocycles. The zero-order valence-electron chi connectivity index (χ0n) is 12.6. The molecule has 116 valence electrons. The van der Waals surface area contributed by atoms with Crippen molar-refractivity contribution >= 4 is 16.8 Å². The summed E-state index contributed by atoms with van der Waals surface area (Å²) in [5.41, 5.74) is 2.26. The fraction of sp³-hybridized carbons (Fsp3) is 0.533. The van der Waals surface area contributed by atoms with Crippen molar-refractivity contribution in [1.29, 1.82) is 0 Å². The first kappa shape index (κ1) is 15.6. The van der Waals surface area contributed by atoms with Gasteiger partial charge in [0.05, 0.1) is 18.7 Å². The third-order valence-corrected chi connectivity index (χ3v) is 3.18. The molecule has 6 heteroatoms. The van der Waals surface area contributed by atoms with Crippen LogP contribution >= 0.6 is 0 Å². The number of ether oxygens (including phenoxy) is 2. The Morgan fingerprint density at radius 1 is 1.33 bits per heavy atom. The van der Waals surface area contributed by atoms with Gasteiger partial charge in [-0.05, 0) is 18.6 Å². The Balaban J connectivity index is 2.09. The number of benzene rings is 1. The van der Waals surface area contributed by atoms with E-state index in [1.54, 1.807) is 7.11 Å². The van der Waals surface area contributed by atoms with Gasteiger partial charge in [-0.1, -0.05) is 13.3 Å². The minimum absolute atomic E-state index is 0.164. The second kappa shape index (κ2) is 7.85. The number of rotatable bonds is 9.